The lowest BCUT2D eigenvalue weighted by atomic mass is 9.98. The average Bonchev–Trinajstić information content (AvgIpc) is 2.74. The summed E-state index contributed by atoms with van der Waals surface area (Å²) in [5.74, 6) is 0. The Morgan fingerprint density at radius 2 is 1.90 bits per heavy atom. The number of rotatable bonds is 1. The third kappa shape index (κ3) is 2.30. The fourth-order valence-electron chi connectivity index (χ4n) is 2.94. The molecule has 0 aromatic heterocycles. The lowest BCUT2D eigenvalue weighted by molar-refractivity contribution is 0.159. The van der Waals surface area contributed by atoms with Gasteiger partial charge in [-0.15, -0.1) is 0 Å². The summed E-state index contributed by atoms with van der Waals surface area (Å²) in [7, 11) is 2.17. The van der Waals surface area contributed by atoms with E-state index in [-0.39, 0.29) is 5.66 Å². The number of aryl methyl sites for hydroxylation is 1. The minimum atomic E-state index is -0.0697. The summed E-state index contributed by atoms with van der Waals surface area (Å²) in [6, 6.07) is 6.34. The van der Waals surface area contributed by atoms with Crippen LogP contribution in [0.15, 0.2) is 18.2 Å². The Morgan fingerprint density at radius 1 is 1.20 bits per heavy atom. The zero-order chi connectivity index (χ0) is 14.3. The minimum Gasteiger partial charge on any atom is -0.342 e. The normalized spacial score (nSPS) is 22.4. The second-order valence-corrected chi connectivity index (χ2v) is 6.37. The van der Waals surface area contributed by atoms with Gasteiger partial charge in [-0.05, 0) is 63.1 Å². The summed E-state index contributed by atoms with van der Waals surface area (Å²) in [4.78, 5) is 2.36. The van der Waals surface area contributed by atoms with E-state index in [1.807, 2.05) is 5.01 Å². The molecule has 0 atom stereocenters. The molecule has 108 valence electrons. The summed E-state index contributed by atoms with van der Waals surface area (Å²) in [6.45, 7) is 6.46. The summed E-state index contributed by atoms with van der Waals surface area (Å²) < 4.78 is 0. The summed E-state index contributed by atoms with van der Waals surface area (Å²) >= 11 is 5.55. The molecule has 2 heterocycles. The Kier molecular flexibility index (Phi) is 3.44. The monoisotopic (exact) mass is 290 g/mol. The number of thiocarbonyl (C=S) groups is 1. The van der Waals surface area contributed by atoms with Gasteiger partial charge in [0.2, 0.25) is 0 Å². The number of hydrazine groups is 1. The molecule has 1 spiro atoms. The van der Waals surface area contributed by atoms with Crippen LogP contribution in [0.2, 0.25) is 0 Å². The first-order valence-corrected chi connectivity index (χ1v) is 7.56. The van der Waals surface area contributed by atoms with Crippen molar-refractivity contribution in [2.45, 2.75) is 32.4 Å². The van der Waals surface area contributed by atoms with Crippen molar-refractivity contribution in [1.29, 1.82) is 0 Å². The molecule has 2 aliphatic rings. The van der Waals surface area contributed by atoms with Crippen LogP contribution in [-0.2, 0) is 0 Å². The molecule has 2 fully saturated rings. The zero-order valence-electron chi connectivity index (χ0n) is 12.4. The van der Waals surface area contributed by atoms with E-state index >= 15 is 0 Å². The molecule has 1 aromatic rings. The molecular formula is C15H22N4S. The summed E-state index contributed by atoms with van der Waals surface area (Å²) in [5, 5.41) is 6.33. The van der Waals surface area contributed by atoms with Crippen LogP contribution < -0.4 is 15.8 Å². The Labute approximate surface area is 126 Å². The number of hydrogen-bond donors (Lipinski definition) is 2. The van der Waals surface area contributed by atoms with Crippen molar-refractivity contribution >= 4 is 23.0 Å². The van der Waals surface area contributed by atoms with Crippen molar-refractivity contribution in [1.82, 2.24) is 15.6 Å². The zero-order valence-corrected chi connectivity index (χ0v) is 13.2. The smallest absolute Gasteiger partial charge is 0.189 e. The fraction of sp³-hybridized carbons (Fsp3) is 0.533. The van der Waals surface area contributed by atoms with E-state index in [4.69, 9.17) is 12.2 Å². The molecule has 4 nitrogen and oxygen atoms in total. The molecule has 0 radical (unpaired) electrons. The van der Waals surface area contributed by atoms with Crippen molar-refractivity contribution in [3.8, 4) is 0 Å². The number of nitrogens with one attached hydrogen (secondary N) is 2. The quantitative estimate of drug-likeness (QED) is 0.772. The predicted octanol–water partition coefficient (Wildman–Crippen LogP) is 1.92. The number of piperidine rings is 1. The average molecular weight is 290 g/mol. The highest BCUT2D eigenvalue weighted by molar-refractivity contribution is 7.80. The van der Waals surface area contributed by atoms with Crippen LogP contribution in [0.3, 0.4) is 0 Å². The maximum atomic E-state index is 5.55. The van der Waals surface area contributed by atoms with Crippen molar-refractivity contribution in [2.24, 2.45) is 0 Å². The molecule has 20 heavy (non-hydrogen) atoms. The van der Waals surface area contributed by atoms with Crippen LogP contribution >= 0.6 is 12.2 Å². The highest BCUT2D eigenvalue weighted by atomic mass is 32.1. The molecule has 2 aliphatic heterocycles. The van der Waals surface area contributed by atoms with E-state index in [1.165, 1.54) is 11.1 Å². The molecule has 0 amide bonds. The number of hydrogen-bond acceptors (Lipinski definition) is 3. The van der Waals surface area contributed by atoms with Crippen molar-refractivity contribution < 1.29 is 0 Å². The van der Waals surface area contributed by atoms with Gasteiger partial charge in [0.1, 0.15) is 5.66 Å². The molecule has 1 aromatic carbocycles. The first-order valence-electron chi connectivity index (χ1n) is 7.16. The van der Waals surface area contributed by atoms with Gasteiger partial charge in [0.15, 0.2) is 5.11 Å². The number of nitrogens with zero attached hydrogens (tertiary/aromatic N) is 2. The number of likely N-dealkylation sites (tertiary alicyclic amines) is 1. The topological polar surface area (TPSA) is 30.5 Å². The van der Waals surface area contributed by atoms with Crippen LogP contribution in [0.25, 0.3) is 0 Å². The van der Waals surface area contributed by atoms with Gasteiger partial charge in [0.25, 0.3) is 0 Å². The standard InChI is InChI=1S/C15H22N4S/c1-11-5-4-6-13(12(11)2)19-14(20)16-15(17-19)7-9-18(3)10-8-15/h4-6,17H,7-10H2,1-3H3,(H,16,20). The number of anilines is 1. The second-order valence-electron chi connectivity index (χ2n) is 5.98. The second kappa shape index (κ2) is 4.98. The van der Waals surface area contributed by atoms with E-state index in [2.05, 4.69) is 54.7 Å². The van der Waals surface area contributed by atoms with Crippen LogP contribution in [0, 0.1) is 13.8 Å². The first-order chi connectivity index (χ1) is 9.51. The van der Waals surface area contributed by atoms with Crippen LogP contribution in [0.1, 0.15) is 24.0 Å². The van der Waals surface area contributed by atoms with Crippen LogP contribution in [0.5, 0.6) is 0 Å². The molecule has 5 heteroatoms. The highest BCUT2D eigenvalue weighted by Crippen LogP contribution is 2.29. The Morgan fingerprint density at radius 3 is 2.60 bits per heavy atom. The van der Waals surface area contributed by atoms with Gasteiger partial charge in [-0.1, -0.05) is 12.1 Å². The summed E-state index contributed by atoms with van der Waals surface area (Å²) in [6.07, 6.45) is 2.12. The third-order valence-electron chi connectivity index (χ3n) is 4.53. The summed E-state index contributed by atoms with van der Waals surface area (Å²) in [5.41, 5.74) is 7.26. The molecule has 0 saturated carbocycles. The van der Waals surface area contributed by atoms with Gasteiger partial charge in [-0.25, -0.2) is 10.4 Å². The van der Waals surface area contributed by atoms with Crippen molar-refractivity contribution in [3.05, 3.63) is 29.3 Å². The molecule has 2 saturated heterocycles. The largest absolute Gasteiger partial charge is 0.342 e. The van der Waals surface area contributed by atoms with Gasteiger partial charge in [-0.2, -0.15) is 0 Å². The molecule has 0 bridgehead atoms. The van der Waals surface area contributed by atoms with Crippen LogP contribution in [-0.4, -0.2) is 35.8 Å². The van der Waals surface area contributed by atoms with Gasteiger partial charge in [0.05, 0.1) is 5.69 Å². The molecular weight excluding hydrogens is 268 g/mol. The van der Waals surface area contributed by atoms with Crippen LogP contribution in [0.4, 0.5) is 5.69 Å². The van der Waals surface area contributed by atoms with E-state index in [0.717, 1.165) is 36.7 Å². The fourth-order valence-corrected chi connectivity index (χ4v) is 3.28. The van der Waals surface area contributed by atoms with E-state index in [1.54, 1.807) is 0 Å². The van der Waals surface area contributed by atoms with Gasteiger partial charge in [-0.3, -0.25) is 0 Å². The maximum Gasteiger partial charge on any atom is 0.189 e. The Balaban J connectivity index is 1.86. The van der Waals surface area contributed by atoms with E-state index in [9.17, 15) is 0 Å². The lowest BCUT2D eigenvalue weighted by Gasteiger charge is -2.37. The van der Waals surface area contributed by atoms with Crippen molar-refractivity contribution in [2.75, 3.05) is 25.1 Å². The predicted molar refractivity (Wildman–Crippen MR) is 86.7 cm³/mol. The maximum absolute atomic E-state index is 5.55. The SMILES string of the molecule is Cc1cccc(N2NC3(CCN(C)CC3)NC2=S)c1C. The van der Waals surface area contributed by atoms with Crippen molar-refractivity contribution in [3.63, 3.8) is 0 Å². The third-order valence-corrected chi connectivity index (χ3v) is 4.82. The Hall–Kier alpha value is -1.17. The lowest BCUT2D eigenvalue weighted by Crippen LogP contribution is -2.57. The van der Waals surface area contributed by atoms with Gasteiger partial charge >= 0.3 is 0 Å². The van der Waals surface area contributed by atoms with E-state index < -0.39 is 0 Å². The molecule has 2 N–H and O–H groups in total. The Bertz CT molecular complexity index is 535. The minimum absolute atomic E-state index is 0.0697. The first kappa shape index (κ1) is 13.8. The molecule has 3 rings (SSSR count). The number of benzene rings is 1. The van der Waals surface area contributed by atoms with E-state index in [0.29, 0.717) is 0 Å². The molecule has 0 unspecified atom stereocenters. The van der Waals surface area contributed by atoms with Gasteiger partial charge in [0, 0.05) is 13.1 Å². The highest BCUT2D eigenvalue weighted by Gasteiger charge is 2.42. The molecule has 0 aliphatic carbocycles. The van der Waals surface area contributed by atoms with Gasteiger partial charge < -0.3 is 10.2 Å².